The second-order valence-electron chi connectivity index (χ2n) is 6.01. The second-order valence-corrected chi connectivity index (χ2v) is 10.1. The van der Waals surface area contributed by atoms with Crippen LogP contribution in [0.3, 0.4) is 0 Å². The topological polar surface area (TPSA) is 80.3 Å². The van der Waals surface area contributed by atoms with Crippen molar-refractivity contribution in [2.75, 3.05) is 23.9 Å². The highest BCUT2D eigenvalue weighted by molar-refractivity contribution is 7.92. The zero-order valence-electron chi connectivity index (χ0n) is 12.5. The smallest absolute Gasteiger partial charge is 0.383 e. The predicted molar refractivity (Wildman–Crippen MR) is 79.5 cm³/mol. The van der Waals surface area contributed by atoms with E-state index in [0.717, 1.165) is 18.4 Å². The molecule has 5 nitrogen and oxygen atoms in total. The molecule has 0 atom stereocenters. The summed E-state index contributed by atoms with van der Waals surface area (Å²) in [6.45, 7) is -0.0217. The molecule has 0 heterocycles. The Kier molecular flexibility index (Phi) is 4.64. The highest BCUT2D eigenvalue weighted by atomic mass is 32.2. The lowest BCUT2D eigenvalue weighted by Crippen LogP contribution is -2.27. The van der Waals surface area contributed by atoms with E-state index in [9.17, 15) is 34.4 Å². The Morgan fingerprint density at radius 3 is 2.21 bits per heavy atom. The fourth-order valence-corrected chi connectivity index (χ4v) is 4.83. The molecule has 11 heteroatoms. The van der Waals surface area contributed by atoms with E-state index >= 15 is 0 Å². The molecule has 1 aromatic rings. The second kappa shape index (κ2) is 5.87. The van der Waals surface area contributed by atoms with Crippen LogP contribution >= 0.6 is 0 Å². The van der Waals surface area contributed by atoms with Gasteiger partial charge in [0.15, 0.2) is 0 Å². The summed E-state index contributed by atoms with van der Waals surface area (Å²) in [5.74, 6) is -1.28. The summed E-state index contributed by atoms with van der Waals surface area (Å²) >= 11 is 0. The van der Waals surface area contributed by atoms with E-state index in [4.69, 9.17) is 0 Å². The molecule has 0 amide bonds. The molecule has 0 spiro atoms. The zero-order chi connectivity index (χ0) is 18.4. The monoisotopic (exact) mass is 389 g/mol. The summed E-state index contributed by atoms with van der Waals surface area (Å²) in [7, 11) is -9.02. The number of sulfone groups is 2. The van der Waals surface area contributed by atoms with Gasteiger partial charge in [0, 0.05) is 18.2 Å². The van der Waals surface area contributed by atoms with Crippen molar-refractivity contribution in [3.63, 3.8) is 0 Å². The Hall–Kier alpha value is -1.36. The predicted octanol–water partition coefficient (Wildman–Crippen LogP) is 2.36. The van der Waals surface area contributed by atoms with Crippen molar-refractivity contribution >= 4 is 25.4 Å². The zero-order valence-corrected chi connectivity index (χ0v) is 14.2. The largest absolute Gasteiger partial charge is 0.501 e. The maximum atomic E-state index is 13.2. The molecule has 1 aliphatic rings. The first-order valence-corrected chi connectivity index (χ1v) is 10.3. The Morgan fingerprint density at radius 1 is 1.17 bits per heavy atom. The van der Waals surface area contributed by atoms with Crippen LogP contribution in [0.2, 0.25) is 0 Å². The van der Waals surface area contributed by atoms with Crippen LogP contribution in [0.25, 0.3) is 0 Å². The standard InChI is InChI=1S/C13H15F4NO4S2/c1-23(19,20)8-12(4-5-12)7-18-10-3-2-9(14)6-11(10)24(21,22)13(15,16)17/h2-3,6,18H,4-5,7-8H2,1H3. The molecular formula is C13H15F4NO4S2. The molecule has 2 rings (SSSR count). The molecule has 0 radical (unpaired) electrons. The van der Waals surface area contributed by atoms with E-state index in [1.165, 1.54) is 0 Å². The van der Waals surface area contributed by atoms with Crippen LogP contribution in [0.1, 0.15) is 12.8 Å². The molecule has 136 valence electrons. The number of anilines is 1. The fraction of sp³-hybridized carbons (Fsp3) is 0.538. The number of halogens is 4. The number of rotatable bonds is 6. The maximum absolute atomic E-state index is 13.2. The van der Waals surface area contributed by atoms with Crippen LogP contribution in [-0.2, 0) is 19.7 Å². The first-order valence-electron chi connectivity index (χ1n) is 6.78. The summed E-state index contributed by atoms with van der Waals surface area (Å²) in [6.07, 6.45) is 2.15. The molecule has 0 unspecified atom stereocenters. The van der Waals surface area contributed by atoms with Gasteiger partial charge in [0.05, 0.1) is 11.4 Å². The van der Waals surface area contributed by atoms with Crippen LogP contribution < -0.4 is 5.32 Å². The first kappa shape index (κ1) is 19.0. The van der Waals surface area contributed by atoms with Gasteiger partial charge in [-0.25, -0.2) is 21.2 Å². The molecular weight excluding hydrogens is 374 g/mol. The molecule has 0 saturated heterocycles. The van der Waals surface area contributed by atoms with Crippen molar-refractivity contribution < 1.29 is 34.4 Å². The summed E-state index contributed by atoms with van der Waals surface area (Å²) in [6, 6.07) is 2.01. The number of nitrogens with one attached hydrogen (secondary N) is 1. The molecule has 1 saturated carbocycles. The van der Waals surface area contributed by atoms with Gasteiger partial charge in [0.25, 0.3) is 9.84 Å². The minimum Gasteiger partial charge on any atom is -0.383 e. The number of alkyl halides is 3. The fourth-order valence-electron chi connectivity index (χ4n) is 2.38. The van der Waals surface area contributed by atoms with E-state index in [1.54, 1.807) is 0 Å². The number of hydrogen-bond acceptors (Lipinski definition) is 5. The van der Waals surface area contributed by atoms with E-state index in [1.807, 2.05) is 0 Å². The minimum atomic E-state index is -5.73. The van der Waals surface area contributed by atoms with Crippen molar-refractivity contribution in [3.8, 4) is 0 Å². The van der Waals surface area contributed by atoms with Crippen molar-refractivity contribution in [2.45, 2.75) is 23.2 Å². The van der Waals surface area contributed by atoms with Gasteiger partial charge in [-0.1, -0.05) is 0 Å². The molecule has 0 bridgehead atoms. The van der Waals surface area contributed by atoms with Crippen molar-refractivity contribution in [3.05, 3.63) is 24.0 Å². The Bertz CT molecular complexity index is 843. The highest BCUT2D eigenvalue weighted by Gasteiger charge is 2.49. The van der Waals surface area contributed by atoms with Gasteiger partial charge in [-0.2, -0.15) is 13.2 Å². The molecule has 1 aromatic carbocycles. The van der Waals surface area contributed by atoms with Crippen LogP contribution in [0.15, 0.2) is 23.1 Å². The van der Waals surface area contributed by atoms with Crippen LogP contribution in [-0.4, -0.2) is 40.9 Å². The normalized spacial score (nSPS) is 17.5. The van der Waals surface area contributed by atoms with Gasteiger partial charge in [-0.15, -0.1) is 0 Å². The van der Waals surface area contributed by atoms with Crippen LogP contribution in [0, 0.1) is 11.2 Å². The third-order valence-electron chi connectivity index (χ3n) is 3.72. The number of hydrogen-bond donors (Lipinski definition) is 1. The quantitative estimate of drug-likeness (QED) is 0.756. The van der Waals surface area contributed by atoms with Gasteiger partial charge in [0.2, 0.25) is 0 Å². The first-order chi connectivity index (χ1) is 10.8. The van der Waals surface area contributed by atoms with Gasteiger partial charge in [-0.05, 0) is 31.0 Å². The highest BCUT2D eigenvalue weighted by Crippen LogP contribution is 2.47. The average Bonchev–Trinajstić information content (AvgIpc) is 3.13. The van der Waals surface area contributed by atoms with E-state index in [0.29, 0.717) is 18.9 Å². The molecule has 1 aliphatic carbocycles. The lowest BCUT2D eigenvalue weighted by atomic mass is 10.1. The van der Waals surface area contributed by atoms with E-state index in [-0.39, 0.29) is 12.3 Å². The molecule has 1 N–H and O–H groups in total. The van der Waals surface area contributed by atoms with Crippen LogP contribution in [0.5, 0.6) is 0 Å². The van der Waals surface area contributed by atoms with Crippen molar-refractivity contribution in [2.24, 2.45) is 5.41 Å². The van der Waals surface area contributed by atoms with Gasteiger partial charge in [0.1, 0.15) is 20.5 Å². The maximum Gasteiger partial charge on any atom is 0.501 e. The van der Waals surface area contributed by atoms with Crippen molar-refractivity contribution in [1.29, 1.82) is 0 Å². The summed E-state index contributed by atoms with van der Waals surface area (Å²) in [5, 5.41) is 2.53. The van der Waals surface area contributed by atoms with Gasteiger partial charge < -0.3 is 5.32 Å². The average molecular weight is 389 g/mol. The minimum absolute atomic E-state index is 0.0217. The van der Waals surface area contributed by atoms with Gasteiger partial charge in [-0.3, -0.25) is 0 Å². The van der Waals surface area contributed by atoms with Crippen LogP contribution in [0.4, 0.5) is 23.2 Å². The molecule has 24 heavy (non-hydrogen) atoms. The lowest BCUT2D eigenvalue weighted by Gasteiger charge is -2.18. The third-order valence-corrected chi connectivity index (χ3v) is 6.38. The summed E-state index contributed by atoms with van der Waals surface area (Å²) in [5.41, 5.74) is -6.61. The Labute approximate surface area is 136 Å². The SMILES string of the molecule is CS(=O)(=O)CC1(CNc2ccc(F)cc2S(=O)(=O)C(F)(F)F)CC1. The Morgan fingerprint density at radius 2 is 1.75 bits per heavy atom. The number of benzene rings is 1. The lowest BCUT2D eigenvalue weighted by molar-refractivity contribution is -0.0435. The third kappa shape index (κ3) is 4.18. The molecule has 1 fully saturated rings. The molecule has 0 aliphatic heterocycles. The van der Waals surface area contributed by atoms with Gasteiger partial charge >= 0.3 is 5.51 Å². The Balaban J connectivity index is 2.30. The van der Waals surface area contributed by atoms with E-state index in [2.05, 4.69) is 5.32 Å². The molecule has 0 aromatic heterocycles. The van der Waals surface area contributed by atoms with E-state index < -0.39 is 47.0 Å². The van der Waals surface area contributed by atoms with Crippen molar-refractivity contribution in [1.82, 2.24) is 0 Å². The summed E-state index contributed by atoms with van der Waals surface area (Å²) in [4.78, 5) is -1.22. The summed E-state index contributed by atoms with van der Waals surface area (Å²) < 4.78 is 97.3.